The van der Waals surface area contributed by atoms with Crippen molar-refractivity contribution in [1.82, 2.24) is 5.32 Å². The van der Waals surface area contributed by atoms with Crippen molar-refractivity contribution >= 4 is 0 Å². The number of benzene rings is 2. The Morgan fingerprint density at radius 1 is 0.950 bits per heavy atom. The number of hydrogen-bond donors (Lipinski definition) is 1. The molecule has 2 aromatic rings. The van der Waals surface area contributed by atoms with Gasteiger partial charge in [-0.3, -0.25) is 0 Å². The van der Waals surface area contributed by atoms with Crippen molar-refractivity contribution in [2.24, 2.45) is 0 Å². The molecule has 0 bridgehead atoms. The summed E-state index contributed by atoms with van der Waals surface area (Å²) in [5.41, 5.74) is 6.86. The molecule has 0 saturated heterocycles. The van der Waals surface area contributed by atoms with Gasteiger partial charge in [-0.15, -0.1) is 0 Å². The first-order valence-electron chi connectivity index (χ1n) is 7.55. The molecular formula is C19H25N. The average Bonchev–Trinajstić information content (AvgIpc) is 2.43. The van der Waals surface area contributed by atoms with Crippen LogP contribution in [-0.4, -0.2) is 6.54 Å². The van der Waals surface area contributed by atoms with Crippen LogP contribution in [0.5, 0.6) is 0 Å². The predicted octanol–water partition coefficient (Wildman–Crippen LogP) is 4.56. The molecule has 0 amide bonds. The van der Waals surface area contributed by atoms with E-state index in [-0.39, 0.29) is 6.04 Å². The molecule has 0 heterocycles. The SMILES string of the molecule is CCNC(c1cc(C)cc(C)c1)c1ccccc1CC. The van der Waals surface area contributed by atoms with Crippen molar-refractivity contribution in [2.45, 2.75) is 40.2 Å². The Kier molecular flexibility index (Phi) is 4.97. The highest BCUT2D eigenvalue weighted by Crippen LogP contribution is 2.27. The zero-order valence-corrected chi connectivity index (χ0v) is 13.0. The van der Waals surface area contributed by atoms with Crippen molar-refractivity contribution in [3.63, 3.8) is 0 Å². The lowest BCUT2D eigenvalue weighted by Gasteiger charge is -2.22. The van der Waals surface area contributed by atoms with Gasteiger partial charge in [0.25, 0.3) is 0 Å². The maximum absolute atomic E-state index is 3.64. The molecule has 20 heavy (non-hydrogen) atoms. The number of rotatable bonds is 5. The second kappa shape index (κ2) is 6.71. The normalized spacial score (nSPS) is 12.4. The second-order valence-corrected chi connectivity index (χ2v) is 5.46. The van der Waals surface area contributed by atoms with Crippen molar-refractivity contribution in [2.75, 3.05) is 6.54 Å². The molecule has 0 aliphatic heterocycles. The van der Waals surface area contributed by atoms with Crippen LogP contribution < -0.4 is 5.32 Å². The fraction of sp³-hybridized carbons (Fsp3) is 0.368. The van der Waals surface area contributed by atoms with Gasteiger partial charge < -0.3 is 5.32 Å². The third kappa shape index (κ3) is 3.29. The highest BCUT2D eigenvalue weighted by Gasteiger charge is 2.16. The molecule has 1 nitrogen and oxygen atoms in total. The summed E-state index contributed by atoms with van der Waals surface area (Å²) in [6.07, 6.45) is 1.07. The van der Waals surface area contributed by atoms with E-state index in [2.05, 4.69) is 75.5 Å². The van der Waals surface area contributed by atoms with Gasteiger partial charge in [0.1, 0.15) is 0 Å². The third-order valence-electron chi connectivity index (χ3n) is 3.73. The van der Waals surface area contributed by atoms with Crippen LogP contribution in [0.4, 0.5) is 0 Å². The zero-order chi connectivity index (χ0) is 14.5. The van der Waals surface area contributed by atoms with Gasteiger partial charge in [-0.25, -0.2) is 0 Å². The van der Waals surface area contributed by atoms with E-state index in [1.54, 1.807) is 0 Å². The monoisotopic (exact) mass is 267 g/mol. The minimum Gasteiger partial charge on any atom is -0.307 e. The Morgan fingerprint density at radius 3 is 2.20 bits per heavy atom. The molecule has 1 N–H and O–H groups in total. The lowest BCUT2D eigenvalue weighted by atomic mass is 9.91. The summed E-state index contributed by atoms with van der Waals surface area (Å²) in [7, 11) is 0. The summed E-state index contributed by atoms with van der Waals surface area (Å²) in [6.45, 7) is 9.71. The van der Waals surface area contributed by atoms with Gasteiger partial charge in [-0.2, -0.15) is 0 Å². The van der Waals surface area contributed by atoms with Crippen LogP contribution in [0.25, 0.3) is 0 Å². The van der Waals surface area contributed by atoms with Gasteiger partial charge in [0.2, 0.25) is 0 Å². The second-order valence-electron chi connectivity index (χ2n) is 5.46. The predicted molar refractivity (Wildman–Crippen MR) is 87.3 cm³/mol. The van der Waals surface area contributed by atoms with Crippen molar-refractivity contribution in [3.05, 3.63) is 70.3 Å². The molecule has 0 aliphatic rings. The van der Waals surface area contributed by atoms with Crippen molar-refractivity contribution < 1.29 is 0 Å². The summed E-state index contributed by atoms with van der Waals surface area (Å²) < 4.78 is 0. The number of nitrogens with one attached hydrogen (secondary N) is 1. The lowest BCUT2D eigenvalue weighted by molar-refractivity contribution is 0.625. The van der Waals surface area contributed by atoms with E-state index in [0.717, 1.165) is 13.0 Å². The highest BCUT2D eigenvalue weighted by atomic mass is 14.9. The van der Waals surface area contributed by atoms with Crippen LogP contribution in [0.3, 0.4) is 0 Å². The minimum absolute atomic E-state index is 0.287. The van der Waals surface area contributed by atoms with E-state index in [9.17, 15) is 0 Å². The summed E-state index contributed by atoms with van der Waals surface area (Å²) in [6, 6.07) is 15.9. The summed E-state index contributed by atoms with van der Waals surface area (Å²) in [4.78, 5) is 0. The van der Waals surface area contributed by atoms with Crippen LogP contribution in [0.15, 0.2) is 42.5 Å². The summed E-state index contributed by atoms with van der Waals surface area (Å²) >= 11 is 0. The van der Waals surface area contributed by atoms with Crippen molar-refractivity contribution in [1.29, 1.82) is 0 Å². The molecular weight excluding hydrogens is 242 g/mol. The van der Waals surface area contributed by atoms with Crippen LogP contribution in [0.1, 0.15) is 47.7 Å². The molecule has 1 heteroatoms. The van der Waals surface area contributed by atoms with Crippen molar-refractivity contribution in [3.8, 4) is 0 Å². The first-order chi connectivity index (χ1) is 9.65. The van der Waals surface area contributed by atoms with Gasteiger partial charge in [-0.05, 0) is 43.5 Å². The number of hydrogen-bond acceptors (Lipinski definition) is 1. The van der Waals surface area contributed by atoms with Gasteiger partial charge in [-0.1, -0.05) is 67.4 Å². The molecule has 0 aliphatic carbocycles. The Bertz CT molecular complexity index is 551. The Hall–Kier alpha value is -1.60. The van der Waals surface area contributed by atoms with Crippen LogP contribution in [0, 0.1) is 13.8 Å². The average molecular weight is 267 g/mol. The van der Waals surface area contributed by atoms with Gasteiger partial charge in [0.15, 0.2) is 0 Å². The fourth-order valence-corrected chi connectivity index (χ4v) is 2.93. The smallest absolute Gasteiger partial charge is 0.0579 e. The van der Waals surface area contributed by atoms with E-state index in [1.807, 2.05) is 0 Å². The minimum atomic E-state index is 0.287. The quantitative estimate of drug-likeness (QED) is 0.837. The largest absolute Gasteiger partial charge is 0.307 e. The standard InChI is InChI=1S/C19H25N/c1-5-16-9-7-8-10-18(16)19(20-6-2)17-12-14(3)11-15(4)13-17/h7-13,19-20H,5-6H2,1-4H3. The maximum atomic E-state index is 3.64. The molecule has 1 atom stereocenters. The van der Waals surface area contributed by atoms with E-state index < -0.39 is 0 Å². The first kappa shape index (κ1) is 14.8. The van der Waals surface area contributed by atoms with Crippen LogP contribution in [0.2, 0.25) is 0 Å². The maximum Gasteiger partial charge on any atom is 0.0579 e. The van der Waals surface area contributed by atoms with E-state index in [0.29, 0.717) is 0 Å². The highest BCUT2D eigenvalue weighted by molar-refractivity contribution is 5.40. The molecule has 106 valence electrons. The molecule has 0 radical (unpaired) electrons. The van der Waals surface area contributed by atoms with Crippen LogP contribution >= 0.6 is 0 Å². The van der Waals surface area contributed by atoms with Gasteiger partial charge in [0.05, 0.1) is 6.04 Å². The summed E-state index contributed by atoms with van der Waals surface area (Å²) in [5.74, 6) is 0. The molecule has 1 unspecified atom stereocenters. The first-order valence-corrected chi connectivity index (χ1v) is 7.55. The Balaban J connectivity index is 2.50. The van der Waals surface area contributed by atoms with Gasteiger partial charge >= 0.3 is 0 Å². The topological polar surface area (TPSA) is 12.0 Å². The molecule has 0 aromatic heterocycles. The Labute approximate surface area is 123 Å². The molecule has 0 fully saturated rings. The summed E-state index contributed by atoms with van der Waals surface area (Å²) in [5, 5.41) is 3.64. The van der Waals surface area contributed by atoms with E-state index in [1.165, 1.54) is 27.8 Å². The lowest BCUT2D eigenvalue weighted by Crippen LogP contribution is -2.23. The van der Waals surface area contributed by atoms with Gasteiger partial charge in [0, 0.05) is 0 Å². The molecule has 2 rings (SSSR count). The fourth-order valence-electron chi connectivity index (χ4n) is 2.93. The number of aryl methyl sites for hydroxylation is 3. The molecule has 2 aromatic carbocycles. The third-order valence-corrected chi connectivity index (χ3v) is 3.73. The molecule has 0 spiro atoms. The van der Waals surface area contributed by atoms with E-state index >= 15 is 0 Å². The van der Waals surface area contributed by atoms with E-state index in [4.69, 9.17) is 0 Å². The zero-order valence-electron chi connectivity index (χ0n) is 13.0. The van der Waals surface area contributed by atoms with Crippen LogP contribution in [-0.2, 0) is 6.42 Å². The molecule has 0 saturated carbocycles. The Morgan fingerprint density at radius 2 is 1.60 bits per heavy atom.